The molecule has 164 valence electrons. The lowest BCUT2D eigenvalue weighted by Crippen LogP contribution is -2.46. The van der Waals surface area contributed by atoms with Gasteiger partial charge in [0, 0.05) is 49.3 Å². The molecule has 30 heavy (non-hydrogen) atoms. The number of anilines is 1. The summed E-state index contributed by atoms with van der Waals surface area (Å²) in [5.41, 5.74) is 1.70. The van der Waals surface area contributed by atoms with Gasteiger partial charge in [0.2, 0.25) is 5.91 Å². The Morgan fingerprint density at radius 1 is 1.20 bits per heavy atom. The number of rotatable bonds is 10. The molecule has 0 unspecified atom stereocenters. The number of aryl methyl sites for hydroxylation is 1. The lowest BCUT2D eigenvalue weighted by atomic mass is 10.2. The molecule has 0 aliphatic heterocycles. The van der Waals surface area contributed by atoms with Gasteiger partial charge in [-0.25, -0.2) is 4.79 Å². The number of urea groups is 1. The predicted octanol–water partition coefficient (Wildman–Crippen LogP) is 3.95. The Bertz CT molecular complexity index is 837. The number of hydrogen-bond donors (Lipinski definition) is 1. The van der Waals surface area contributed by atoms with Crippen LogP contribution in [0.15, 0.2) is 47.1 Å². The van der Waals surface area contributed by atoms with Crippen LogP contribution in [-0.2, 0) is 23.1 Å². The standard InChI is InChI=1S/C22H31BrN4O3/c1-17(2)14-27(22(29)24-19-8-5-7-18(23)13-19)16-21(28)26(11-12-30-4)15-20-9-6-10-25(20)3/h5-10,13,17H,11-12,14-16H2,1-4H3,(H,24,29). The molecule has 7 nitrogen and oxygen atoms in total. The number of carbonyl (C=O) groups is 2. The van der Waals surface area contributed by atoms with Gasteiger partial charge < -0.3 is 24.4 Å². The second-order valence-corrected chi connectivity index (χ2v) is 8.55. The Hall–Kier alpha value is -2.32. The van der Waals surface area contributed by atoms with Crippen molar-refractivity contribution in [1.29, 1.82) is 0 Å². The Morgan fingerprint density at radius 2 is 1.97 bits per heavy atom. The summed E-state index contributed by atoms with van der Waals surface area (Å²) in [7, 11) is 3.56. The van der Waals surface area contributed by atoms with Crippen molar-refractivity contribution in [2.75, 3.05) is 38.7 Å². The summed E-state index contributed by atoms with van der Waals surface area (Å²) in [4.78, 5) is 29.3. The van der Waals surface area contributed by atoms with E-state index in [1.165, 1.54) is 0 Å². The number of benzene rings is 1. The van der Waals surface area contributed by atoms with E-state index in [0.717, 1.165) is 10.2 Å². The van der Waals surface area contributed by atoms with E-state index in [9.17, 15) is 9.59 Å². The van der Waals surface area contributed by atoms with Crippen LogP contribution in [0.25, 0.3) is 0 Å². The van der Waals surface area contributed by atoms with E-state index in [1.807, 2.05) is 68.1 Å². The van der Waals surface area contributed by atoms with Crippen LogP contribution in [0.1, 0.15) is 19.5 Å². The monoisotopic (exact) mass is 478 g/mol. The Morgan fingerprint density at radius 3 is 2.57 bits per heavy atom. The van der Waals surface area contributed by atoms with E-state index >= 15 is 0 Å². The number of methoxy groups -OCH3 is 1. The lowest BCUT2D eigenvalue weighted by molar-refractivity contribution is -0.133. The molecule has 1 heterocycles. The number of nitrogens with one attached hydrogen (secondary N) is 1. The van der Waals surface area contributed by atoms with Gasteiger partial charge >= 0.3 is 6.03 Å². The molecule has 2 aromatic rings. The fourth-order valence-corrected chi connectivity index (χ4v) is 3.44. The molecule has 8 heteroatoms. The molecule has 1 N–H and O–H groups in total. The van der Waals surface area contributed by atoms with Gasteiger partial charge in [0.15, 0.2) is 0 Å². The molecular weight excluding hydrogens is 448 g/mol. The number of nitrogens with zero attached hydrogens (tertiary/aromatic N) is 3. The first-order valence-corrected chi connectivity index (χ1v) is 10.8. The number of aromatic nitrogens is 1. The van der Waals surface area contributed by atoms with Crippen LogP contribution in [0.4, 0.5) is 10.5 Å². The maximum absolute atomic E-state index is 13.1. The molecule has 0 fully saturated rings. The van der Waals surface area contributed by atoms with Gasteiger partial charge in [-0.1, -0.05) is 35.8 Å². The minimum Gasteiger partial charge on any atom is -0.383 e. The topological polar surface area (TPSA) is 66.8 Å². The van der Waals surface area contributed by atoms with E-state index < -0.39 is 0 Å². The Labute approximate surface area is 187 Å². The third-order valence-corrected chi connectivity index (χ3v) is 5.09. The van der Waals surface area contributed by atoms with Crippen LogP contribution in [-0.4, -0.2) is 59.7 Å². The number of carbonyl (C=O) groups excluding carboxylic acids is 2. The first kappa shape index (κ1) is 24.0. The minimum absolute atomic E-state index is 0.00610. The van der Waals surface area contributed by atoms with Crippen molar-refractivity contribution >= 4 is 33.6 Å². The highest BCUT2D eigenvalue weighted by molar-refractivity contribution is 9.10. The average molecular weight is 479 g/mol. The normalized spacial score (nSPS) is 10.9. The van der Waals surface area contributed by atoms with Gasteiger partial charge in [-0.3, -0.25) is 4.79 Å². The first-order chi connectivity index (χ1) is 14.3. The predicted molar refractivity (Wildman–Crippen MR) is 122 cm³/mol. The zero-order valence-electron chi connectivity index (χ0n) is 18.1. The third-order valence-electron chi connectivity index (χ3n) is 4.60. The van der Waals surface area contributed by atoms with Crippen molar-refractivity contribution in [2.45, 2.75) is 20.4 Å². The Kier molecular flexibility index (Phi) is 9.39. The molecule has 1 aromatic heterocycles. The largest absolute Gasteiger partial charge is 0.383 e. The molecule has 0 saturated carbocycles. The third kappa shape index (κ3) is 7.50. The number of hydrogen-bond acceptors (Lipinski definition) is 3. The second-order valence-electron chi connectivity index (χ2n) is 7.63. The van der Waals surface area contributed by atoms with E-state index in [1.54, 1.807) is 16.9 Å². The zero-order valence-corrected chi connectivity index (χ0v) is 19.7. The fraction of sp³-hybridized carbons (Fsp3) is 0.455. The van der Waals surface area contributed by atoms with Crippen LogP contribution < -0.4 is 5.32 Å². The Balaban J connectivity index is 2.11. The van der Waals surface area contributed by atoms with Crippen molar-refractivity contribution in [2.24, 2.45) is 13.0 Å². The van der Waals surface area contributed by atoms with Crippen molar-refractivity contribution in [3.63, 3.8) is 0 Å². The minimum atomic E-state index is -0.291. The van der Waals surface area contributed by atoms with Crippen molar-refractivity contribution in [3.8, 4) is 0 Å². The highest BCUT2D eigenvalue weighted by Crippen LogP contribution is 2.16. The van der Waals surface area contributed by atoms with Crippen molar-refractivity contribution in [1.82, 2.24) is 14.4 Å². The summed E-state index contributed by atoms with van der Waals surface area (Å²) in [6.45, 7) is 5.90. The van der Waals surface area contributed by atoms with Gasteiger partial charge in [-0.2, -0.15) is 0 Å². The van der Waals surface area contributed by atoms with Gasteiger partial charge in [-0.15, -0.1) is 0 Å². The molecule has 0 atom stereocenters. The first-order valence-electron chi connectivity index (χ1n) is 9.98. The van der Waals surface area contributed by atoms with Crippen LogP contribution in [0.5, 0.6) is 0 Å². The van der Waals surface area contributed by atoms with Gasteiger partial charge in [0.1, 0.15) is 6.54 Å². The summed E-state index contributed by atoms with van der Waals surface area (Å²) < 4.78 is 8.04. The van der Waals surface area contributed by atoms with Crippen LogP contribution in [0, 0.1) is 5.92 Å². The van der Waals surface area contributed by atoms with E-state index in [-0.39, 0.29) is 24.4 Å². The molecular formula is C22H31BrN4O3. The van der Waals surface area contributed by atoms with E-state index in [2.05, 4.69) is 21.2 Å². The number of amides is 3. The lowest BCUT2D eigenvalue weighted by Gasteiger charge is -2.29. The molecule has 3 amide bonds. The van der Waals surface area contributed by atoms with Gasteiger partial charge in [-0.05, 0) is 36.2 Å². The summed E-state index contributed by atoms with van der Waals surface area (Å²) in [6.07, 6.45) is 1.95. The van der Waals surface area contributed by atoms with E-state index in [4.69, 9.17) is 4.74 Å². The van der Waals surface area contributed by atoms with Gasteiger partial charge in [0.05, 0.1) is 13.2 Å². The smallest absolute Gasteiger partial charge is 0.322 e. The van der Waals surface area contributed by atoms with Crippen LogP contribution in [0.2, 0.25) is 0 Å². The molecule has 2 rings (SSSR count). The van der Waals surface area contributed by atoms with Gasteiger partial charge in [0.25, 0.3) is 0 Å². The maximum Gasteiger partial charge on any atom is 0.322 e. The SMILES string of the molecule is COCCN(Cc1cccn1C)C(=O)CN(CC(C)C)C(=O)Nc1cccc(Br)c1. The summed E-state index contributed by atoms with van der Waals surface area (Å²) in [5, 5.41) is 2.89. The van der Waals surface area contributed by atoms with Crippen molar-refractivity contribution < 1.29 is 14.3 Å². The number of halogens is 1. The summed E-state index contributed by atoms with van der Waals surface area (Å²) >= 11 is 3.41. The fourth-order valence-electron chi connectivity index (χ4n) is 3.04. The molecule has 0 spiro atoms. The van der Waals surface area contributed by atoms with Crippen LogP contribution in [0.3, 0.4) is 0 Å². The molecule has 0 aliphatic rings. The summed E-state index contributed by atoms with van der Waals surface area (Å²) in [6, 6.07) is 11.0. The molecule has 0 radical (unpaired) electrons. The summed E-state index contributed by atoms with van der Waals surface area (Å²) in [5.74, 6) is 0.115. The highest BCUT2D eigenvalue weighted by atomic mass is 79.9. The highest BCUT2D eigenvalue weighted by Gasteiger charge is 2.23. The quantitative estimate of drug-likeness (QED) is 0.561. The molecule has 0 aliphatic carbocycles. The zero-order chi connectivity index (χ0) is 22.1. The van der Waals surface area contributed by atoms with Crippen molar-refractivity contribution in [3.05, 3.63) is 52.8 Å². The van der Waals surface area contributed by atoms with E-state index in [0.29, 0.717) is 31.9 Å². The average Bonchev–Trinajstić information content (AvgIpc) is 3.08. The molecule has 0 bridgehead atoms. The molecule has 0 saturated heterocycles. The number of ether oxygens (including phenoxy) is 1. The molecule has 1 aromatic carbocycles. The van der Waals surface area contributed by atoms with Crippen LogP contribution >= 0.6 is 15.9 Å². The maximum atomic E-state index is 13.1. The second kappa shape index (κ2) is 11.8.